The zero-order chi connectivity index (χ0) is 15.6. The smallest absolute Gasteiger partial charge is 0.231 e. The van der Waals surface area contributed by atoms with E-state index in [0.29, 0.717) is 0 Å². The van der Waals surface area contributed by atoms with Crippen molar-refractivity contribution in [2.75, 3.05) is 6.61 Å². The summed E-state index contributed by atoms with van der Waals surface area (Å²) in [5.41, 5.74) is 2.00. The lowest BCUT2D eigenvalue weighted by molar-refractivity contribution is -0.127. The lowest BCUT2D eigenvalue weighted by Gasteiger charge is -2.30. The van der Waals surface area contributed by atoms with Crippen LogP contribution in [0.3, 0.4) is 0 Å². The average molecular weight is 299 g/mol. The fourth-order valence-corrected chi connectivity index (χ4v) is 3.89. The van der Waals surface area contributed by atoms with E-state index in [4.69, 9.17) is 0 Å². The zero-order valence-corrected chi connectivity index (χ0v) is 13.2. The molecule has 2 atom stereocenters. The molecule has 0 unspecified atom stereocenters. The number of aliphatic hydroxyl groups is 1. The zero-order valence-electron chi connectivity index (χ0n) is 13.2. The number of benzene rings is 1. The topological polar surface area (TPSA) is 49.3 Å². The lowest BCUT2D eigenvalue weighted by atomic mass is 9.77. The first-order valence-corrected chi connectivity index (χ1v) is 8.31. The molecule has 1 amide bonds. The summed E-state index contributed by atoms with van der Waals surface area (Å²) in [5, 5.41) is 12.4. The van der Waals surface area contributed by atoms with Gasteiger partial charge in [-0.15, -0.1) is 0 Å². The number of carbonyl (C=O) groups excluding carboxylic acids is 1. The number of carbonyl (C=O) groups is 1. The minimum Gasteiger partial charge on any atom is -0.396 e. The van der Waals surface area contributed by atoms with Crippen LogP contribution >= 0.6 is 0 Å². The Bertz CT molecular complexity index is 573. The van der Waals surface area contributed by atoms with E-state index in [1.165, 1.54) is 5.56 Å². The van der Waals surface area contributed by atoms with Gasteiger partial charge in [-0.2, -0.15) is 0 Å². The van der Waals surface area contributed by atoms with Crippen molar-refractivity contribution >= 4 is 5.91 Å². The van der Waals surface area contributed by atoms with Crippen LogP contribution in [0.2, 0.25) is 0 Å². The van der Waals surface area contributed by atoms with Gasteiger partial charge in [0.25, 0.3) is 0 Å². The molecule has 22 heavy (non-hydrogen) atoms. The Morgan fingerprint density at radius 1 is 1.32 bits per heavy atom. The molecule has 3 heteroatoms. The fourth-order valence-electron chi connectivity index (χ4n) is 3.89. The molecule has 0 heterocycles. The first kappa shape index (κ1) is 15.3. The largest absolute Gasteiger partial charge is 0.396 e. The molecular formula is C19H25NO2. The van der Waals surface area contributed by atoms with Gasteiger partial charge in [0.05, 0.1) is 5.41 Å². The van der Waals surface area contributed by atoms with Crippen molar-refractivity contribution in [2.45, 2.75) is 50.5 Å². The number of hydrogen-bond donors (Lipinski definition) is 2. The Balaban J connectivity index is 1.79. The van der Waals surface area contributed by atoms with Crippen molar-refractivity contribution in [3.8, 4) is 0 Å². The molecule has 2 aliphatic carbocycles. The molecule has 3 rings (SSSR count). The quantitative estimate of drug-likeness (QED) is 0.840. The summed E-state index contributed by atoms with van der Waals surface area (Å²) in [4.78, 5) is 13.0. The van der Waals surface area contributed by atoms with E-state index in [0.717, 1.165) is 37.7 Å². The Labute approximate surface area is 132 Å². The van der Waals surface area contributed by atoms with Crippen LogP contribution in [-0.2, 0) is 10.2 Å². The van der Waals surface area contributed by atoms with Gasteiger partial charge in [-0.25, -0.2) is 0 Å². The van der Waals surface area contributed by atoms with Gasteiger partial charge in [0.1, 0.15) is 0 Å². The van der Waals surface area contributed by atoms with Crippen molar-refractivity contribution in [1.29, 1.82) is 0 Å². The van der Waals surface area contributed by atoms with Crippen LogP contribution in [0.4, 0.5) is 0 Å². The van der Waals surface area contributed by atoms with E-state index in [2.05, 4.69) is 36.5 Å². The molecule has 3 nitrogen and oxygen atoms in total. The molecule has 0 spiro atoms. The van der Waals surface area contributed by atoms with E-state index in [-0.39, 0.29) is 29.9 Å². The predicted molar refractivity (Wildman–Crippen MR) is 87.6 cm³/mol. The van der Waals surface area contributed by atoms with Gasteiger partial charge in [0.15, 0.2) is 0 Å². The molecule has 0 bridgehead atoms. The van der Waals surface area contributed by atoms with Crippen molar-refractivity contribution in [2.24, 2.45) is 5.92 Å². The molecule has 0 aliphatic heterocycles. The molecule has 1 fully saturated rings. The highest BCUT2D eigenvalue weighted by Gasteiger charge is 2.43. The van der Waals surface area contributed by atoms with Crippen LogP contribution in [-0.4, -0.2) is 23.7 Å². The number of amides is 1. The maximum absolute atomic E-state index is 13.0. The Morgan fingerprint density at radius 3 is 2.73 bits per heavy atom. The number of hydrogen-bond acceptors (Lipinski definition) is 2. The normalized spacial score (nSPS) is 26.3. The second-order valence-electron chi connectivity index (χ2n) is 6.80. The standard InChI is InChI=1S/C19H25NO2/c1-14-5-4-6-16(11-14)19(9-2-3-10-19)18(22)20-17-8-7-15(12-17)13-21/h4-8,11,15,17,21H,2-3,9-10,12-13H2,1H3,(H,20,22)/t15-,17+/m0/s1. The first-order chi connectivity index (χ1) is 10.6. The molecule has 2 N–H and O–H groups in total. The molecule has 1 aromatic rings. The average Bonchev–Trinajstić information content (AvgIpc) is 3.17. The summed E-state index contributed by atoms with van der Waals surface area (Å²) in [7, 11) is 0. The van der Waals surface area contributed by atoms with Crippen molar-refractivity contribution in [3.05, 3.63) is 47.5 Å². The second kappa shape index (κ2) is 6.25. The third kappa shape index (κ3) is 2.82. The monoisotopic (exact) mass is 299 g/mol. The van der Waals surface area contributed by atoms with Crippen molar-refractivity contribution in [1.82, 2.24) is 5.32 Å². The summed E-state index contributed by atoms with van der Waals surface area (Å²) in [6.07, 6.45) is 8.94. The number of aryl methyl sites for hydroxylation is 1. The van der Waals surface area contributed by atoms with Gasteiger partial charge < -0.3 is 10.4 Å². The van der Waals surface area contributed by atoms with Crippen LogP contribution in [0.25, 0.3) is 0 Å². The molecule has 118 valence electrons. The third-order valence-electron chi connectivity index (χ3n) is 5.19. The number of aliphatic hydroxyl groups excluding tert-OH is 1. The van der Waals surface area contributed by atoms with Gasteiger partial charge in [-0.3, -0.25) is 4.79 Å². The molecule has 1 aromatic carbocycles. The summed E-state index contributed by atoms with van der Waals surface area (Å²) in [6.45, 7) is 2.24. The first-order valence-electron chi connectivity index (χ1n) is 8.31. The minimum absolute atomic E-state index is 0.0620. The van der Waals surface area contributed by atoms with Gasteiger partial charge in [0.2, 0.25) is 5.91 Å². The van der Waals surface area contributed by atoms with Gasteiger partial charge in [0, 0.05) is 18.6 Å². The molecule has 0 aromatic heterocycles. The van der Waals surface area contributed by atoms with E-state index >= 15 is 0 Å². The van der Waals surface area contributed by atoms with Gasteiger partial charge in [-0.1, -0.05) is 54.8 Å². The highest BCUT2D eigenvalue weighted by atomic mass is 16.3. The van der Waals surface area contributed by atoms with Crippen LogP contribution in [0.1, 0.15) is 43.2 Å². The fraction of sp³-hybridized carbons (Fsp3) is 0.526. The summed E-state index contributed by atoms with van der Waals surface area (Å²) in [6, 6.07) is 8.45. The Hall–Kier alpha value is -1.61. The molecule has 2 aliphatic rings. The summed E-state index contributed by atoms with van der Waals surface area (Å²) in [5.74, 6) is 0.340. The highest BCUT2D eigenvalue weighted by molar-refractivity contribution is 5.89. The maximum atomic E-state index is 13.0. The Morgan fingerprint density at radius 2 is 2.09 bits per heavy atom. The van der Waals surface area contributed by atoms with E-state index < -0.39 is 0 Å². The highest BCUT2D eigenvalue weighted by Crippen LogP contribution is 2.42. The third-order valence-corrected chi connectivity index (χ3v) is 5.19. The number of nitrogens with one attached hydrogen (secondary N) is 1. The second-order valence-corrected chi connectivity index (χ2v) is 6.80. The molecule has 1 saturated carbocycles. The molecule has 0 radical (unpaired) electrons. The summed E-state index contributed by atoms with van der Waals surface area (Å²) >= 11 is 0. The molecule has 0 saturated heterocycles. The van der Waals surface area contributed by atoms with Crippen LogP contribution < -0.4 is 5.32 Å². The van der Waals surface area contributed by atoms with Crippen LogP contribution in [0, 0.1) is 12.8 Å². The van der Waals surface area contributed by atoms with E-state index in [9.17, 15) is 9.90 Å². The van der Waals surface area contributed by atoms with Crippen LogP contribution in [0.5, 0.6) is 0 Å². The number of rotatable bonds is 4. The Kier molecular flexibility index (Phi) is 4.34. The van der Waals surface area contributed by atoms with Gasteiger partial charge in [-0.05, 0) is 31.7 Å². The van der Waals surface area contributed by atoms with Crippen molar-refractivity contribution in [3.63, 3.8) is 0 Å². The van der Waals surface area contributed by atoms with Crippen molar-refractivity contribution < 1.29 is 9.90 Å². The maximum Gasteiger partial charge on any atom is 0.231 e. The minimum atomic E-state index is -0.364. The molecular weight excluding hydrogens is 274 g/mol. The van der Waals surface area contributed by atoms with Gasteiger partial charge >= 0.3 is 0 Å². The van der Waals surface area contributed by atoms with Crippen LogP contribution in [0.15, 0.2) is 36.4 Å². The lowest BCUT2D eigenvalue weighted by Crippen LogP contribution is -2.46. The van der Waals surface area contributed by atoms with E-state index in [1.54, 1.807) is 0 Å². The SMILES string of the molecule is Cc1cccc(C2(C(=O)N[C@@H]3C=C[C@H](CO)C3)CCCC2)c1. The predicted octanol–water partition coefficient (Wildman–Crippen LogP) is 2.86. The van der Waals surface area contributed by atoms with E-state index in [1.807, 2.05) is 12.2 Å². The summed E-state index contributed by atoms with van der Waals surface area (Å²) < 4.78 is 0.